The van der Waals surface area contributed by atoms with E-state index >= 15 is 0 Å². The molecular formula is C21H23FN6. The summed E-state index contributed by atoms with van der Waals surface area (Å²) < 4.78 is 13.7. The highest BCUT2D eigenvalue weighted by Crippen LogP contribution is 2.28. The Morgan fingerprint density at radius 3 is 2.82 bits per heavy atom. The van der Waals surface area contributed by atoms with Gasteiger partial charge >= 0.3 is 0 Å². The number of benzene rings is 1. The third-order valence-corrected chi connectivity index (χ3v) is 5.17. The van der Waals surface area contributed by atoms with Gasteiger partial charge in [-0.15, -0.1) is 0 Å². The fourth-order valence-electron chi connectivity index (χ4n) is 3.36. The average molecular weight is 378 g/mol. The Balaban J connectivity index is 1.75. The maximum absolute atomic E-state index is 13.7. The Kier molecular flexibility index (Phi) is 4.90. The van der Waals surface area contributed by atoms with Gasteiger partial charge in [0.25, 0.3) is 0 Å². The van der Waals surface area contributed by atoms with Gasteiger partial charge in [0, 0.05) is 17.1 Å². The summed E-state index contributed by atoms with van der Waals surface area (Å²) in [6, 6.07) is 6.79. The second-order valence-electron chi connectivity index (χ2n) is 7.27. The second kappa shape index (κ2) is 7.50. The summed E-state index contributed by atoms with van der Waals surface area (Å²) >= 11 is 0. The van der Waals surface area contributed by atoms with E-state index in [0.29, 0.717) is 28.4 Å². The lowest BCUT2D eigenvalue weighted by Crippen LogP contribution is -2.14. The molecule has 2 N–H and O–H groups in total. The number of imidazole rings is 1. The predicted molar refractivity (Wildman–Crippen MR) is 109 cm³/mol. The number of hydrogen-bond donors (Lipinski definition) is 2. The van der Waals surface area contributed by atoms with Crippen LogP contribution >= 0.6 is 0 Å². The van der Waals surface area contributed by atoms with Crippen LogP contribution in [-0.4, -0.2) is 24.9 Å². The van der Waals surface area contributed by atoms with Crippen LogP contribution in [0.25, 0.3) is 22.1 Å². The molecule has 4 aromatic rings. The smallest absolute Gasteiger partial charge is 0.162 e. The van der Waals surface area contributed by atoms with Gasteiger partial charge in [0.05, 0.1) is 17.9 Å². The molecular weight excluding hydrogens is 355 g/mol. The molecule has 3 aromatic heterocycles. The number of hydrogen-bond acceptors (Lipinski definition) is 5. The molecule has 0 fully saturated rings. The minimum Gasteiger partial charge on any atom is -0.362 e. The number of aromatic nitrogens is 5. The van der Waals surface area contributed by atoms with E-state index < -0.39 is 0 Å². The minimum atomic E-state index is -0.268. The molecule has 1 unspecified atom stereocenters. The van der Waals surface area contributed by atoms with Crippen molar-refractivity contribution in [2.24, 2.45) is 5.92 Å². The Bertz CT molecular complexity index is 1120. The molecule has 28 heavy (non-hydrogen) atoms. The van der Waals surface area contributed by atoms with Crippen LogP contribution in [0.15, 0.2) is 36.9 Å². The normalized spacial score (nSPS) is 13.7. The molecule has 2 atom stereocenters. The van der Waals surface area contributed by atoms with Crippen LogP contribution in [-0.2, 0) is 6.42 Å². The molecule has 0 aliphatic heterocycles. The summed E-state index contributed by atoms with van der Waals surface area (Å²) in [7, 11) is 0. The summed E-state index contributed by atoms with van der Waals surface area (Å²) in [6.45, 7) is 6.45. The molecule has 0 saturated heterocycles. The Morgan fingerprint density at radius 2 is 2.00 bits per heavy atom. The molecule has 4 rings (SSSR count). The quantitative estimate of drug-likeness (QED) is 0.504. The summed E-state index contributed by atoms with van der Waals surface area (Å²) in [6.07, 6.45) is 5.02. The van der Waals surface area contributed by atoms with Crippen LogP contribution in [0.2, 0.25) is 0 Å². The van der Waals surface area contributed by atoms with E-state index in [4.69, 9.17) is 4.98 Å². The average Bonchev–Trinajstić information content (AvgIpc) is 3.17. The van der Waals surface area contributed by atoms with Gasteiger partial charge in [0.2, 0.25) is 0 Å². The molecule has 0 spiro atoms. The maximum Gasteiger partial charge on any atom is 0.162 e. The fourth-order valence-corrected chi connectivity index (χ4v) is 3.36. The molecule has 144 valence electrons. The topological polar surface area (TPSA) is 79.4 Å². The number of anilines is 1. The van der Waals surface area contributed by atoms with Gasteiger partial charge in [-0.25, -0.2) is 19.3 Å². The summed E-state index contributed by atoms with van der Waals surface area (Å²) in [4.78, 5) is 20.6. The number of halogens is 1. The first kappa shape index (κ1) is 18.3. The number of rotatable bonds is 6. The zero-order chi connectivity index (χ0) is 19.7. The van der Waals surface area contributed by atoms with Crippen molar-refractivity contribution in [3.63, 3.8) is 0 Å². The van der Waals surface area contributed by atoms with Crippen LogP contribution in [0.4, 0.5) is 10.2 Å². The lowest BCUT2D eigenvalue weighted by Gasteiger charge is -2.20. The van der Waals surface area contributed by atoms with Crippen molar-refractivity contribution in [1.82, 2.24) is 24.9 Å². The van der Waals surface area contributed by atoms with Gasteiger partial charge in [-0.2, -0.15) is 0 Å². The molecule has 1 aromatic carbocycles. The zero-order valence-electron chi connectivity index (χ0n) is 16.2. The number of aromatic amines is 1. The van der Waals surface area contributed by atoms with E-state index in [-0.39, 0.29) is 11.9 Å². The third-order valence-electron chi connectivity index (χ3n) is 5.17. The third kappa shape index (κ3) is 3.52. The highest BCUT2D eigenvalue weighted by Gasteiger charge is 2.18. The van der Waals surface area contributed by atoms with E-state index in [1.165, 1.54) is 18.5 Å². The SMILES string of the molecule is CCC(C)Cc1nc2cc(F)ccc2cc1[C@H](C)Nc1ncnc2[nH]cnc12. The highest BCUT2D eigenvalue weighted by molar-refractivity contribution is 5.83. The standard InChI is InChI=1S/C21H23FN6/c1-4-12(2)7-18-16(8-14-5-6-15(22)9-17(14)28-18)13(3)27-21-19-20(24-10-23-19)25-11-26-21/h5-6,8-13H,4,7H2,1-3H3,(H2,23,24,25,26,27)/t12?,13-/m0/s1. The van der Waals surface area contributed by atoms with E-state index in [0.717, 1.165) is 29.5 Å². The second-order valence-corrected chi connectivity index (χ2v) is 7.27. The molecule has 6 nitrogen and oxygen atoms in total. The van der Waals surface area contributed by atoms with E-state index in [2.05, 4.69) is 52.1 Å². The number of nitrogens with one attached hydrogen (secondary N) is 2. The molecule has 3 heterocycles. The summed E-state index contributed by atoms with van der Waals surface area (Å²) in [5.74, 6) is 0.893. The van der Waals surface area contributed by atoms with Gasteiger partial charge < -0.3 is 10.3 Å². The number of nitrogens with zero attached hydrogens (tertiary/aromatic N) is 4. The number of H-pyrrole nitrogens is 1. The van der Waals surface area contributed by atoms with E-state index in [1.807, 2.05) is 0 Å². The van der Waals surface area contributed by atoms with Gasteiger partial charge in [-0.3, -0.25) is 4.98 Å². The van der Waals surface area contributed by atoms with Crippen molar-refractivity contribution in [3.05, 3.63) is 54.0 Å². The molecule has 0 saturated carbocycles. The van der Waals surface area contributed by atoms with Gasteiger partial charge in [-0.1, -0.05) is 20.3 Å². The zero-order valence-corrected chi connectivity index (χ0v) is 16.2. The van der Waals surface area contributed by atoms with Gasteiger partial charge in [0.1, 0.15) is 17.7 Å². The van der Waals surface area contributed by atoms with Crippen LogP contribution in [0.5, 0.6) is 0 Å². The first-order valence-electron chi connectivity index (χ1n) is 9.54. The molecule has 0 bridgehead atoms. The van der Waals surface area contributed by atoms with Gasteiger partial charge in [0.15, 0.2) is 11.5 Å². The first-order chi connectivity index (χ1) is 13.5. The summed E-state index contributed by atoms with van der Waals surface area (Å²) in [5, 5.41) is 4.37. The molecule has 0 aliphatic rings. The number of pyridine rings is 1. The largest absolute Gasteiger partial charge is 0.362 e. The lowest BCUT2D eigenvalue weighted by atomic mass is 9.95. The number of fused-ring (bicyclic) bond motifs is 2. The van der Waals surface area contributed by atoms with Crippen molar-refractivity contribution in [2.75, 3.05) is 5.32 Å². The Labute approximate surface area is 162 Å². The van der Waals surface area contributed by atoms with Crippen molar-refractivity contribution < 1.29 is 4.39 Å². The highest BCUT2D eigenvalue weighted by atomic mass is 19.1. The van der Waals surface area contributed by atoms with E-state index in [1.54, 1.807) is 12.4 Å². The summed E-state index contributed by atoms with van der Waals surface area (Å²) in [5.41, 5.74) is 4.15. The van der Waals surface area contributed by atoms with Crippen LogP contribution in [0, 0.1) is 11.7 Å². The predicted octanol–water partition coefficient (Wildman–Crippen LogP) is 4.80. The monoisotopic (exact) mass is 378 g/mol. The van der Waals surface area contributed by atoms with Crippen molar-refractivity contribution in [3.8, 4) is 0 Å². The molecule has 0 aliphatic carbocycles. The molecule has 0 radical (unpaired) electrons. The van der Waals surface area contributed by atoms with Crippen LogP contribution < -0.4 is 5.32 Å². The Hall–Kier alpha value is -3.09. The maximum atomic E-state index is 13.7. The van der Waals surface area contributed by atoms with E-state index in [9.17, 15) is 4.39 Å². The van der Waals surface area contributed by atoms with Crippen LogP contribution in [0.1, 0.15) is 44.5 Å². The lowest BCUT2D eigenvalue weighted by molar-refractivity contribution is 0.549. The van der Waals surface area contributed by atoms with Crippen molar-refractivity contribution >= 4 is 27.9 Å². The fraction of sp³-hybridized carbons (Fsp3) is 0.333. The molecule has 0 amide bonds. The van der Waals surface area contributed by atoms with Crippen molar-refractivity contribution in [1.29, 1.82) is 0 Å². The van der Waals surface area contributed by atoms with Crippen molar-refractivity contribution in [2.45, 2.75) is 39.7 Å². The molecule has 7 heteroatoms. The van der Waals surface area contributed by atoms with Gasteiger partial charge in [-0.05, 0) is 43.0 Å². The van der Waals surface area contributed by atoms with Crippen LogP contribution in [0.3, 0.4) is 0 Å². The Morgan fingerprint density at radius 1 is 1.14 bits per heavy atom. The minimum absolute atomic E-state index is 0.0455. The first-order valence-corrected chi connectivity index (χ1v) is 9.54.